The summed E-state index contributed by atoms with van der Waals surface area (Å²) >= 11 is 5.80. The Morgan fingerprint density at radius 2 is 2.40 bits per heavy atom. The average molecular weight is 226 g/mol. The molecule has 2 rings (SSSR count). The van der Waals surface area contributed by atoms with Crippen LogP contribution in [0.1, 0.15) is 13.3 Å². The van der Waals surface area contributed by atoms with Crippen molar-refractivity contribution in [2.24, 2.45) is 11.7 Å². The van der Waals surface area contributed by atoms with Crippen molar-refractivity contribution in [2.45, 2.75) is 19.4 Å². The fourth-order valence-corrected chi connectivity index (χ4v) is 2.09. The van der Waals surface area contributed by atoms with Crippen LogP contribution in [0.25, 0.3) is 0 Å². The van der Waals surface area contributed by atoms with Crippen molar-refractivity contribution >= 4 is 17.4 Å². The van der Waals surface area contributed by atoms with Crippen molar-refractivity contribution in [3.8, 4) is 0 Å². The molecule has 0 aliphatic carbocycles. The number of aromatic nitrogens is 1. The topological polar surface area (TPSA) is 42.1 Å². The summed E-state index contributed by atoms with van der Waals surface area (Å²) in [5.74, 6) is 1.59. The molecule has 15 heavy (non-hydrogen) atoms. The van der Waals surface area contributed by atoms with Crippen molar-refractivity contribution in [2.75, 3.05) is 18.0 Å². The van der Waals surface area contributed by atoms with E-state index >= 15 is 0 Å². The van der Waals surface area contributed by atoms with Crippen LogP contribution < -0.4 is 10.6 Å². The molecule has 1 fully saturated rings. The van der Waals surface area contributed by atoms with Crippen molar-refractivity contribution in [3.05, 3.63) is 23.4 Å². The number of pyridine rings is 1. The van der Waals surface area contributed by atoms with E-state index in [0.717, 1.165) is 25.3 Å². The van der Waals surface area contributed by atoms with Crippen LogP contribution in [-0.4, -0.2) is 24.1 Å². The monoisotopic (exact) mass is 225 g/mol. The molecule has 0 aromatic carbocycles. The van der Waals surface area contributed by atoms with E-state index in [1.807, 2.05) is 12.1 Å². The van der Waals surface area contributed by atoms with Gasteiger partial charge in [0, 0.05) is 25.3 Å². The quantitative estimate of drug-likeness (QED) is 0.836. The Morgan fingerprint density at radius 1 is 1.60 bits per heavy atom. The van der Waals surface area contributed by atoms with Crippen LogP contribution in [0, 0.1) is 5.92 Å². The van der Waals surface area contributed by atoms with Gasteiger partial charge in [0.15, 0.2) is 0 Å². The molecule has 2 atom stereocenters. The number of hydrogen-bond donors (Lipinski definition) is 1. The van der Waals surface area contributed by atoms with Crippen molar-refractivity contribution in [1.82, 2.24) is 4.98 Å². The largest absolute Gasteiger partial charge is 0.356 e. The van der Waals surface area contributed by atoms with E-state index in [1.54, 1.807) is 6.20 Å². The Bertz CT molecular complexity index is 323. The zero-order valence-electron chi connectivity index (χ0n) is 8.86. The maximum atomic E-state index is 5.89. The summed E-state index contributed by atoms with van der Waals surface area (Å²) in [6.07, 6.45) is 2.85. The van der Waals surface area contributed by atoms with Crippen LogP contribution in [0.4, 0.5) is 5.82 Å². The lowest BCUT2D eigenvalue weighted by Gasteiger charge is -2.18. The van der Waals surface area contributed by atoms with Gasteiger partial charge in [-0.2, -0.15) is 0 Å². The highest BCUT2D eigenvalue weighted by Gasteiger charge is 2.25. The molecule has 0 spiro atoms. The van der Waals surface area contributed by atoms with Gasteiger partial charge in [0.05, 0.1) is 5.02 Å². The molecule has 1 saturated heterocycles. The van der Waals surface area contributed by atoms with Gasteiger partial charge in [-0.25, -0.2) is 4.98 Å². The van der Waals surface area contributed by atoms with E-state index in [2.05, 4.69) is 16.8 Å². The van der Waals surface area contributed by atoms with Gasteiger partial charge in [-0.05, 0) is 31.4 Å². The van der Waals surface area contributed by atoms with Crippen LogP contribution in [0.15, 0.2) is 18.3 Å². The van der Waals surface area contributed by atoms with Crippen LogP contribution in [0.2, 0.25) is 5.02 Å². The molecule has 1 aromatic rings. The van der Waals surface area contributed by atoms with Crippen LogP contribution >= 0.6 is 11.6 Å². The molecule has 2 heterocycles. The summed E-state index contributed by atoms with van der Waals surface area (Å²) in [6, 6.07) is 4.11. The van der Waals surface area contributed by atoms with Gasteiger partial charge in [0.2, 0.25) is 0 Å². The average Bonchev–Trinajstić information content (AvgIpc) is 2.68. The molecule has 0 amide bonds. The minimum absolute atomic E-state index is 0.266. The highest BCUT2D eigenvalue weighted by atomic mass is 35.5. The zero-order valence-corrected chi connectivity index (χ0v) is 9.61. The van der Waals surface area contributed by atoms with E-state index in [4.69, 9.17) is 17.3 Å². The lowest BCUT2D eigenvalue weighted by Crippen LogP contribution is -2.29. The van der Waals surface area contributed by atoms with E-state index < -0.39 is 0 Å². The SMILES string of the molecule is CC(N)C1CCN(c2ccc(Cl)cn2)C1. The molecule has 82 valence electrons. The van der Waals surface area contributed by atoms with Gasteiger partial charge in [0.25, 0.3) is 0 Å². The normalized spacial score (nSPS) is 23.1. The number of hydrogen-bond acceptors (Lipinski definition) is 3. The van der Waals surface area contributed by atoms with Crippen LogP contribution in [0.5, 0.6) is 0 Å². The first-order valence-corrected chi connectivity index (χ1v) is 5.66. The molecular formula is C11H16ClN3. The molecule has 3 nitrogen and oxygen atoms in total. The van der Waals surface area contributed by atoms with E-state index in [0.29, 0.717) is 10.9 Å². The van der Waals surface area contributed by atoms with Crippen LogP contribution in [0.3, 0.4) is 0 Å². The van der Waals surface area contributed by atoms with E-state index in [-0.39, 0.29) is 6.04 Å². The highest BCUT2D eigenvalue weighted by molar-refractivity contribution is 6.30. The second kappa shape index (κ2) is 4.37. The molecule has 1 aliphatic rings. The maximum absolute atomic E-state index is 5.89. The van der Waals surface area contributed by atoms with Gasteiger partial charge in [-0.1, -0.05) is 11.6 Å². The Labute approximate surface area is 95.2 Å². The molecule has 0 saturated carbocycles. The summed E-state index contributed by atoms with van der Waals surface area (Å²) in [5.41, 5.74) is 5.89. The Morgan fingerprint density at radius 3 is 2.93 bits per heavy atom. The summed E-state index contributed by atoms with van der Waals surface area (Å²) in [4.78, 5) is 6.58. The predicted molar refractivity (Wildman–Crippen MR) is 63.2 cm³/mol. The minimum Gasteiger partial charge on any atom is -0.356 e. The fourth-order valence-electron chi connectivity index (χ4n) is 1.98. The van der Waals surface area contributed by atoms with Gasteiger partial charge in [0.1, 0.15) is 5.82 Å². The summed E-state index contributed by atoms with van der Waals surface area (Å²) < 4.78 is 0. The Kier molecular flexibility index (Phi) is 3.12. The summed E-state index contributed by atoms with van der Waals surface area (Å²) in [6.45, 7) is 4.12. The molecule has 0 bridgehead atoms. The van der Waals surface area contributed by atoms with Crippen LogP contribution in [-0.2, 0) is 0 Å². The smallest absolute Gasteiger partial charge is 0.128 e. The third kappa shape index (κ3) is 2.41. The van der Waals surface area contributed by atoms with E-state index in [9.17, 15) is 0 Å². The number of anilines is 1. The van der Waals surface area contributed by atoms with Gasteiger partial charge >= 0.3 is 0 Å². The number of rotatable bonds is 2. The summed E-state index contributed by atoms with van der Waals surface area (Å²) in [5, 5.41) is 0.682. The van der Waals surface area contributed by atoms with Gasteiger partial charge in [-0.15, -0.1) is 0 Å². The van der Waals surface area contributed by atoms with E-state index in [1.165, 1.54) is 0 Å². The molecule has 1 aliphatic heterocycles. The number of nitrogens with zero attached hydrogens (tertiary/aromatic N) is 2. The van der Waals surface area contributed by atoms with Crippen molar-refractivity contribution < 1.29 is 0 Å². The molecule has 1 aromatic heterocycles. The molecular weight excluding hydrogens is 210 g/mol. The van der Waals surface area contributed by atoms with Gasteiger partial charge < -0.3 is 10.6 Å². The zero-order chi connectivity index (χ0) is 10.8. The van der Waals surface area contributed by atoms with Crippen molar-refractivity contribution in [3.63, 3.8) is 0 Å². The lowest BCUT2D eigenvalue weighted by molar-refractivity contribution is 0.488. The third-order valence-electron chi connectivity index (χ3n) is 3.00. The molecule has 0 radical (unpaired) electrons. The van der Waals surface area contributed by atoms with Gasteiger partial charge in [-0.3, -0.25) is 0 Å². The minimum atomic E-state index is 0.266. The molecule has 4 heteroatoms. The first-order valence-electron chi connectivity index (χ1n) is 5.29. The second-order valence-corrected chi connectivity index (χ2v) is 4.62. The second-order valence-electron chi connectivity index (χ2n) is 4.19. The Balaban J connectivity index is 2.04. The first kappa shape index (κ1) is 10.7. The Hall–Kier alpha value is -0.800. The molecule has 2 N–H and O–H groups in total. The summed E-state index contributed by atoms with van der Waals surface area (Å²) in [7, 11) is 0. The maximum Gasteiger partial charge on any atom is 0.128 e. The third-order valence-corrected chi connectivity index (χ3v) is 3.23. The number of nitrogens with two attached hydrogens (primary N) is 1. The van der Waals surface area contributed by atoms with Crippen molar-refractivity contribution in [1.29, 1.82) is 0 Å². The number of halogens is 1. The fraction of sp³-hybridized carbons (Fsp3) is 0.545. The first-order chi connectivity index (χ1) is 7.16. The standard InChI is InChI=1S/C11H16ClN3/c1-8(13)9-4-5-15(7-9)11-3-2-10(12)6-14-11/h2-3,6,8-9H,4-5,7,13H2,1H3. The predicted octanol–water partition coefficient (Wildman–Crippen LogP) is 1.91. The lowest BCUT2D eigenvalue weighted by atomic mass is 10.0. The highest BCUT2D eigenvalue weighted by Crippen LogP contribution is 2.24. The molecule has 2 unspecified atom stereocenters.